The van der Waals surface area contributed by atoms with E-state index in [1.54, 1.807) is 0 Å². The molecule has 2 saturated carbocycles. The van der Waals surface area contributed by atoms with E-state index in [0.29, 0.717) is 23.5 Å². The van der Waals surface area contributed by atoms with Gasteiger partial charge < -0.3 is 5.11 Å². The summed E-state index contributed by atoms with van der Waals surface area (Å²) in [6.45, 7) is 0.278. The standard InChI is InChI=1S/C10H16O2/c11-6-7-4-8-2-1-3-9(5-7)10(8)12/h7-9,11H,1-6H2/t8-,9-/m0/s1. The van der Waals surface area contributed by atoms with Crippen molar-refractivity contribution in [2.45, 2.75) is 32.1 Å². The number of fused-ring (bicyclic) bond motifs is 2. The van der Waals surface area contributed by atoms with Crippen molar-refractivity contribution in [3.05, 3.63) is 0 Å². The third kappa shape index (κ3) is 1.28. The molecule has 0 aromatic carbocycles. The Balaban J connectivity index is 2.07. The summed E-state index contributed by atoms with van der Waals surface area (Å²) in [5, 5.41) is 9.02. The highest BCUT2D eigenvalue weighted by molar-refractivity contribution is 5.84. The average molecular weight is 168 g/mol. The molecule has 68 valence electrons. The Bertz CT molecular complexity index is 172. The molecule has 0 spiro atoms. The van der Waals surface area contributed by atoms with Crippen LogP contribution in [-0.4, -0.2) is 17.5 Å². The third-order valence-electron chi connectivity index (χ3n) is 3.40. The molecule has 12 heavy (non-hydrogen) atoms. The predicted molar refractivity (Wildman–Crippen MR) is 45.6 cm³/mol. The summed E-state index contributed by atoms with van der Waals surface area (Å²) in [6, 6.07) is 0. The van der Waals surface area contributed by atoms with E-state index >= 15 is 0 Å². The van der Waals surface area contributed by atoms with Gasteiger partial charge in [0.05, 0.1) is 0 Å². The molecule has 0 heterocycles. The van der Waals surface area contributed by atoms with Gasteiger partial charge in [0.1, 0.15) is 5.78 Å². The van der Waals surface area contributed by atoms with Crippen molar-refractivity contribution in [3.63, 3.8) is 0 Å². The Kier molecular flexibility index (Phi) is 2.18. The first-order valence-electron chi connectivity index (χ1n) is 4.96. The lowest BCUT2D eigenvalue weighted by atomic mass is 9.67. The molecule has 2 atom stereocenters. The van der Waals surface area contributed by atoms with Gasteiger partial charge in [-0.15, -0.1) is 0 Å². The van der Waals surface area contributed by atoms with Crippen LogP contribution in [0.3, 0.4) is 0 Å². The van der Waals surface area contributed by atoms with Crippen LogP contribution in [0.5, 0.6) is 0 Å². The number of carbonyl (C=O) groups is 1. The second kappa shape index (κ2) is 3.17. The average Bonchev–Trinajstić information content (AvgIpc) is 2.04. The molecule has 2 nitrogen and oxygen atoms in total. The van der Waals surface area contributed by atoms with E-state index < -0.39 is 0 Å². The van der Waals surface area contributed by atoms with Crippen molar-refractivity contribution in [2.24, 2.45) is 17.8 Å². The molecule has 2 fully saturated rings. The van der Waals surface area contributed by atoms with Crippen LogP contribution in [0.25, 0.3) is 0 Å². The first-order chi connectivity index (χ1) is 5.81. The van der Waals surface area contributed by atoms with Gasteiger partial charge in [-0.25, -0.2) is 0 Å². The van der Waals surface area contributed by atoms with E-state index in [-0.39, 0.29) is 6.61 Å². The molecule has 0 unspecified atom stereocenters. The normalized spacial score (nSPS) is 41.4. The second-order valence-corrected chi connectivity index (χ2v) is 4.25. The molecular weight excluding hydrogens is 152 g/mol. The fraction of sp³-hybridized carbons (Fsp3) is 0.900. The van der Waals surface area contributed by atoms with Crippen LogP contribution in [-0.2, 0) is 4.79 Å². The molecule has 0 aromatic heterocycles. The van der Waals surface area contributed by atoms with Gasteiger partial charge in [0.2, 0.25) is 0 Å². The lowest BCUT2D eigenvalue weighted by Gasteiger charge is -2.36. The first-order valence-corrected chi connectivity index (χ1v) is 4.96. The maximum Gasteiger partial charge on any atom is 0.139 e. The molecule has 0 amide bonds. The van der Waals surface area contributed by atoms with Crippen LogP contribution in [0.2, 0.25) is 0 Å². The molecule has 1 N–H and O–H groups in total. The highest BCUT2D eigenvalue weighted by Crippen LogP contribution is 2.39. The fourth-order valence-electron chi connectivity index (χ4n) is 2.75. The molecule has 0 aliphatic heterocycles. The summed E-state index contributed by atoms with van der Waals surface area (Å²) in [5.41, 5.74) is 0. The van der Waals surface area contributed by atoms with Gasteiger partial charge in [0, 0.05) is 18.4 Å². The van der Waals surface area contributed by atoms with Crippen LogP contribution >= 0.6 is 0 Å². The number of aliphatic hydroxyl groups excluding tert-OH is 1. The summed E-state index contributed by atoms with van der Waals surface area (Å²) in [4.78, 5) is 11.6. The van der Waals surface area contributed by atoms with E-state index in [0.717, 1.165) is 25.7 Å². The topological polar surface area (TPSA) is 37.3 Å². The monoisotopic (exact) mass is 168 g/mol. The Morgan fingerprint density at radius 3 is 2.33 bits per heavy atom. The first kappa shape index (κ1) is 8.24. The van der Waals surface area contributed by atoms with Crippen LogP contribution in [0.4, 0.5) is 0 Å². The number of ketones is 1. The SMILES string of the molecule is O=C1[C@H]2CCC[C@H]1CC(CO)C2. The minimum Gasteiger partial charge on any atom is -0.396 e. The molecule has 2 aliphatic rings. The lowest BCUT2D eigenvalue weighted by Crippen LogP contribution is -2.37. The highest BCUT2D eigenvalue weighted by Gasteiger charge is 2.38. The number of rotatable bonds is 1. The number of Topliss-reactive ketones (excluding diaryl/α,β-unsaturated/α-hetero) is 1. The van der Waals surface area contributed by atoms with Gasteiger partial charge >= 0.3 is 0 Å². The van der Waals surface area contributed by atoms with Crippen molar-refractivity contribution in [2.75, 3.05) is 6.61 Å². The molecule has 2 rings (SSSR count). The predicted octanol–water partition coefficient (Wildman–Crippen LogP) is 1.37. The molecule has 2 aliphatic carbocycles. The zero-order chi connectivity index (χ0) is 8.55. The summed E-state index contributed by atoms with van der Waals surface area (Å²) < 4.78 is 0. The zero-order valence-electron chi connectivity index (χ0n) is 7.33. The summed E-state index contributed by atoms with van der Waals surface area (Å²) in [5.74, 6) is 1.51. The molecule has 0 saturated heterocycles. The van der Waals surface area contributed by atoms with Gasteiger partial charge in [-0.1, -0.05) is 6.42 Å². The van der Waals surface area contributed by atoms with Gasteiger partial charge in [0.25, 0.3) is 0 Å². The summed E-state index contributed by atoms with van der Waals surface area (Å²) in [7, 11) is 0. The van der Waals surface area contributed by atoms with Crippen LogP contribution in [0.1, 0.15) is 32.1 Å². The minimum atomic E-state index is 0.278. The Morgan fingerprint density at radius 2 is 1.83 bits per heavy atom. The van der Waals surface area contributed by atoms with Crippen molar-refractivity contribution < 1.29 is 9.90 Å². The molecule has 0 radical (unpaired) electrons. The third-order valence-corrected chi connectivity index (χ3v) is 3.40. The highest BCUT2D eigenvalue weighted by atomic mass is 16.3. The number of carbonyl (C=O) groups excluding carboxylic acids is 1. The van der Waals surface area contributed by atoms with E-state index in [9.17, 15) is 4.79 Å². The molecular formula is C10H16O2. The van der Waals surface area contributed by atoms with E-state index in [1.165, 1.54) is 6.42 Å². The van der Waals surface area contributed by atoms with E-state index in [2.05, 4.69) is 0 Å². The van der Waals surface area contributed by atoms with Crippen LogP contribution in [0.15, 0.2) is 0 Å². The summed E-state index contributed by atoms with van der Waals surface area (Å²) >= 11 is 0. The van der Waals surface area contributed by atoms with Crippen molar-refractivity contribution in [1.82, 2.24) is 0 Å². The zero-order valence-corrected chi connectivity index (χ0v) is 7.33. The van der Waals surface area contributed by atoms with Crippen molar-refractivity contribution >= 4 is 5.78 Å². The molecule has 0 aromatic rings. The summed E-state index contributed by atoms with van der Waals surface area (Å²) in [6.07, 6.45) is 5.27. The van der Waals surface area contributed by atoms with E-state index in [4.69, 9.17) is 5.11 Å². The minimum absolute atomic E-state index is 0.278. The molecule has 2 heteroatoms. The van der Waals surface area contributed by atoms with Gasteiger partial charge in [-0.05, 0) is 31.6 Å². The lowest BCUT2D eigenvalue weighted by molar-refractivity contribution is -0.133. The Hall–Kier alpha value is -0.370. The smallest absolute Gasteiger partial charge is 0.139 e. The van der Waals surface area contributed by atoms with E-state index in [1.807, 2.05) is 0 Å². The maximum atomic E-state index is 11.6. The number of hydrogen-bond donors (Lipinski definition) is 1. The van der Waals surface area contributed by atoms with Crippen molar-refractivity contribution in [3.8, 4) is 0 Å². The van der Waals surface area contributed by atoms with Crippen molar-refractivity contribution in [1.29, 1.82) is 0 Å². The van der Waals surface area contributed by atoms with Gasteiger partial charge in [-0.2, -0.15) is 0 Å². The Morgan fingerprint density at radius 1 is 1.25 bits per heavy atom. The van der Waals surface area contributed by atoms with Gasteiger partial charge in [0.15, 0.2) is 0 Å². The Labute approximate surface area is 73.0 Å². The van der Waals surface area contributed by atoms with Gasteiger partial charge in [-0.3, -0.25) is 4.79 Å². The number of aliphatic hydroxyl groups is 1. The molecule has 2 bridgehead atoms. The second-order valence-electron chi connectivity index (χ2n) is 4.25. The van der Waals surface area contributed by atoms with Crippen LogP contribution in [0, 0.1) is 17.8 Å². The maximum absolute atomic E-state index is 11.6. The quantitative estimate of drug-likeness (QED) is 0.642. The fourth-order valence-corrected chi connectivity index (χ4v) is 2.75. The van der Waals surface area contributed by atoms with Crippen LogP contribution < -0.4 is 0 Å². The number of hydrogen-bond acceptors (Lipinski definition) is 2. The largest absolute Gasteiger partial charge is 0.396 e.